The number of benzene rings is 1. The summed E-state index contributed by atoms with van der Waals surface area (Å²) in [4.78, 5) is -0.387. The molecule has 0 fully saturated rings. The molecule has 0 saturated carbocycles. The molecule has 2 N–H and O–H groups in total. The van der Waals surface area contributed by atoms with Crippen LogP contribution in [0.2, 0.25) is 0 Å². The van der Waals surface area contributed by atoms with E-state index in [4.69, 9.17) is 5.14 Å². The van der Waals surface area contributed by atoms with E-state index in [9.17, 15) is 21.6 Å². The Labute approximate surface area is 146 Å². The summed E-state index contributed by atoms with van der Waals surface area (Å²) in [5.74, 6) is 0. The summed E-state index contributed by atoms with van der Waals surface area (Å²) in [5, 5.41) is 8.32. The Morgan fingerprint density at radius 1 is 1.23 bits per heavy atom. The van der Waals surface area contributed by atoms with Gasteiger partial charge in [-0.25, -0.2) is 17.9 Å². The summed E-state index contributed by atoms with van der Waals surface area (Å²) in [6.07, 6.45) is 0.379. The van der Waals surface area contributed by atoms with Crippen LogP contribution in [0.25, 0.3) is 5.57 Å². The van der Waals surface area contributed by atoms with Crippen molar-refractivity contribution < 1.29 is 26.0 Å². The number of hydrogen-bond acceptors (Lipinski definition) is 3. The molecule has 0 amide bonds. The van der Waals surface area contributed by atoms with Crippen molar-refractivity contribution in [2.24, 2.45) is 5.14 Å². The standard InChI is InChI=1S/C16H12F4N3O2S/c17-15(14-8-10-22-23(14)16(18,19)20)9-4-3-6-12(15)11-5-1-2-7-13(11)26(21,24)25/h1-3,5-8,10H,9H2,(H2,21,24,25). The summed E-state index contributed by atoms with van der Waals surface area (Å²) in [5.41, 5.74) is -3.86. The normalized spacial score (nSPS) is 20.9. The smallest absolute Gasteiger partial charge is 0.231 e. The molecule has 2 aromatic rings. The number of primary sulfonamides is 1. The summed E-state index contributed by atoms with van der Waals surface area (Å²) < 4.78 is 78.7. The van der Waals surface area contributed by atoms with Crippen LogP contribution in [-0.2, 0) is 22.0 Å². The first-order valence-electron chi connectivity index (χ1n) is 7.25. The largest absolute Gasteiger partial charge is 0.504 e. The molecule has 1 aromatic heterocycles. The SMILES string of the molecule is NS(=O)(=O)c1ccccc1C1=CC=[C]CC1(F)c1ccnn1C(F)(F)F. The second kappa shape index (κ2) is 6.06. The lowest BCUT2D eigenvalue weighted by molar-refractivity contribution is -0.215. The van der Waals surface area contributed by atoms with Crippen LogP contribution in [-0.4, -0.2) is 18.2 Å². The molecule has 3 rings (SSSR count). The Morgan fingerprint density at radius 2 is 1.92 bits per heavy atom. The number of nitrogens with two attached hydrogens (primary N) is 1. The Morgan fingerprint density at radius 3 is 2.58 bits per heavy atom. The second-order valence-electron chi connectivity index (χ2n) is 5.57. The van der Waals surface area contributed by atoms with Crippen molar-refractivity contribution in [3.8, 4) is 0 Å². The average molecular weight is 386 g/mol. The van der Waals surface area contributed by atoms with E-state index in [1.165, 1.54) is 30.4 Å². The van der Waals surface area contributed by atoms with E-state index < -0.39 is 34.1 Å². The quantitative estimate of drug-likeness (QED) is 0.824. The van der Waals surface area contributed by atoms with E-state index >= 15 is 4.39 Å². The number of hydrogen-bond donors (Lipinski definition) is 1. The average Bonchev–Trinajstić information content (AvgIpc) is 3.05. The van der Waals surface area contributed by atoms with Crippen molar-refractivity contribution in [3.05, 3.63) is 66.0 Å². The Bertz CT molecular complexity index is 1010. The fourth-order valence-electron chi connectivity index (χ4n) is 2.84. The molecule has 0 spiro atoms. The molecule has 1 unspecified atom stereocenters. The minimum absolute atomic E-state index is 0.120. The molecule has 1 aliphatic rings. The van der Waals surface area contributed by atoms with Crippen molar-refractivity contribution >= 4 is 15.6 Å². The molecule has 0 saturated heterocycles. The van der Waals surface area contributed by atoms with E-state index in [0.29, 0.717) is 0 Å². The number of alkyl halides is 4. The van der Waals surface area contributed by atoms with Crippen molar-refractivity contribution in [1.29, 1.82) is 0 Å². The lowest BCUT2D eigenvalue weighted by atomic mass is 9.81. The van der Waals surface area contributed by atoms with E-state index in [2.05, 4.69) is 11.2 Å². The molecular formula is C16H12F4N3O2S. The number of halogens is 4. The van der Waals surface area contributed by atoms with Gasteiger partial charge in [0.2, 0.25) is 10.0 Å². The first kappa shape index (κ1) is 18.3. The van der Waals surface area contributed by atoms with Gasteiger partial charge in [0.05, 0.1) is 10.6 Å². The van der Waals surface area contributed by atoms with Gasteiger partial charge in [-0.15, -0.1) is 13.2 Å². The third-order valence-electron chi connectivity index (χ3n) is 3.91. The Balaban J connectivity index is 2.25. The van der Waals surface area contributed by atoms with Crippen molar-refractivity contribution in [1.82, 2.24) is 9.78 Å². The first-order chi connectivity index (χ1) is 12.0. The van der Waals surface area contributed by atoms with Crippen LogP contribution in [0.15, 0.2) is 53.6 Å². The highest BCUT2D eigenvalue weighted by molar-refractivity contribution is 7.89. The summed E-state index contributed by atoms with van der Waals surface area (Å²) >= 11 is 0. The molecule has 26 heavy (non-hydrogen) atoms. The molecule has 0 aliphatic heterocycles. The lowest BCUT2D eigenvalue weighted by Crippen LogP contribution is -2.32. The van der Waals surface area contributed by atoms with Gasteiger partial charge in [-0.3, -0.25) is 0 Å². The number of rotatable bonds is 3. The van der Waals surface area contributed by atoms with Crippen LogP contribution >= 0.6 is 0 Å². The molecule has 1 aromatic carbocycles. The minimum atomic E-state index is -4.94. The predicted molar refractivity (Wildman–Crippen MR) is 84.5 cm³/mol. The van der Waals surface area contributed by atoms with Gasteiger partial charge in [0.1, 0.15) is 0 Å². The summed E-state index contributed by atoms with van der Waals surface area (Å²) in [6.45, 7) is 0. The number of sulfonamides is 1. The molecule has 5 nitrogen and oxygen atoms in total. The van der Waals surface area contributed by atoms with Gasteiger partial charge in [0.25, 0.3) is 0 Å². The molecule has 10 heteroatoms. The molecule has 0 bridgehead atoms. The topological polar surface area (TPSA) is 78.0 Å². The zero-order chi connectivity index (χ0) is 19.2. The minimum Gasteiger partial charge on any atom is -0.231 e. The zero-order valence-corrected chi connectivity index (χ0v) is 13.9. The number of nitrogens with zero attached hydrogens (tertiary/aromatic N) is 2. The van der Waals surface area contributed by atoms with Crippen LogP contribution in [0.5, 0.6) is 0 Å². The molecule has 1 radical (unpaired) electrons. The van der Waals surface area contributed by atoms with E-state index in [-0.39, 0.29) is 20.7 Å². The fourth-order valence-corrected chi connectivity index (χ4v) is 3.60. The Kier molecular flexibility index (Phi) is 4.27. The van der Waals surface area contributed by atoms with Gasteiger partial charge in [0.15, 0.2) is 5.67 Å². The van der Waals surface area contributed by atoms with Crippen molar-refractivity contribution in [3.63, 3.8) is 0 Å². The molecule has 1 heterocycles. The highest BCUT2D eigenvalue weighted by Crippen LogP contribution is 2.47. The fraction of sp³-hybridized carbons (Fsp3) is 0.188. The zero-order valence-electron chi connectivity index (χ0n) is 13.0. The maximum atomic E-state index is 15.9. The number of allylic oxidation sites excluding steroid dienone is 4. The number of aromatic nitrogens is 2. The van der Waals surface area contributed by atoms with E-state index in [0.717, 1.165) is 18.3 Å². The molecule has 137 valence electrons. The monoisotopic (exact) mass is 386 g/mol. The lowest BCUT2D eigenvalue weighted by Gasteiger charge is -2.31. The molecule has 1 aliphatic carbocycles. The third kappa shape index (κ3) is 3.06. The van der Waals surface area contributed by atoms with Crippen LogP contribution in [0.4, 0.5) is 17.6 Å². The maximum Gasteiger partial charge on any atom is 0.504 e. The second-order valence-corrected chi connectivity index (χ2v) is 7.10. The summed E-state index contributed by atoms with van der Waals surface area (Å²) in [6, 6.07) is 6.17. The predicted octanol–water partition coefficient (Wildman–Crippen LogP) is 3.02. The van der Waals surface area contributed by atoms with Crippen LogP contribution < -0.4 is 5.14 Å². The van der Waals surface area contributed by atoms with Crippen molar-refractivity contribution in [2.75, 3.05) is 0 Å². The maximum absolute atomic E-state index is 15.9. The highest BCUT2D eigenvalue weighted by Gasteiger charge is 2.46. The van der Waals surface area contributed by atoms with Gasteiger partial charge in [-0.05, 0) is 18.2 Å². The molecule has 1 atom stereocenters. The molecular weight excluding hydrogens is 374 g/mol. The van der Waals surface area contributed by atoms with Crippen LogP contribution in [0.1, 0.15) is 17.7 Å². The van der Waals surface area contributed by atoms with Gasteiger partial charge < -0.3 is 0 Å². The van der Waals surface area contributed by atoms with Crippen LogP contribution in [0.3, 0.4) is 0 Å². The van der Waals surface area contributed by atoms with Crippen molar-refractivity contribution in [2.45, 2.75) is 23.3 Å². The van der Waals surface area contributed by atoms with Gasteiger partial charge >= 0.3 is 6.30 Å². The van der Waals surface area contributed by atoms with E-state index in [1.807, 2.05) is 0 Å². The van der Waals surface area contributed by atoms with E-state index in [1.54, 1.807) is 0 Å². The Hall–Kier alpha value is -2.46. The summed E-state index contributed by atoms with van der Waals surface area (Å²) in [7, 11) is -4.23. The van der Waals surface area contributed by atoms with Crippen LogP contribution in [0, 0.1) is 6.08 Å². The van der Waals surface area contributed by atoms with Gasteiger partial charge in [-0.2, -0.15) is 9.78 Å². The van der Waals surface area contributed by atoms with Gasteiger partial charge in [-0.1, -0.05) is 30.4 Å². The third-order valence-corrected chi connectivity index (χ3v) is 4.88. The first-order valence-corrected chi connectivity index (χ1v) is 8.80. The van der Waals surface area contributed by atoms with Gasteiger partial charge in [0, 0.05) is 23.8 Å². The highest BCUT2D eigenvalue weighted by atomic mass is 32.2.